The molecule has 0 atom stereocenters. The van der Waals surface area contributed by atoms with Crippen molar-refractivity contribution in [2.45, 2.75) is 39.0 Å². The predicted molar refractivity (Wildman–Crippen MR) is 111 cm³/mol. The van der Waals surface area contributed by atoms with Crippen molar-refractivity contribution in [3.8, 4) is 0 Å². The number of nitrogens with one attached hydrogen (secondary N) is 1. The highest BCUT2D eigenvalue weighted by Gasteiger charge is 2.26. The van der Waals surface area contributed by atoms with E-state index in [2.05, 4.69) is 50.3 Å². The molecule has 3 aromatic rings. The molecule has 5 rings (SSSR count). The molecule has 1 saturated carbocycles. The van der Waals surface area contributed by atoms with Gasteiger partial charge >= 0.3 is 0 Å². The Bertz CT molecular complexity index is 1040. The summed E-state index contributed by atoms with van der Waals surface area (Å²) in [5.41, 5.74) is 4.48. The molecule has 0 radical (unpaired) electrons. The molecule has 0 saturated heterocycles. The molecule has 1 fully saturated rings. The van der Waals surface area contributed by atoms with E-state index < -0.39 is 0 Å². The molecule has 2 aliphatic rings. The zero-order valence-electron chi connectivity index (χ0n) is 15.9. The SMILES string of the molecule is Cc1ccc2c(c1)CCN2c1ncnc2sc(C(=O)NCC3CCCC3)nc12. The van der Waals surface area contributed by atoms with Crippen molar-refractivity contribution in [1.29, 1.82) is 0 Å². The molecule has 1 aromatic carbocycles. The Kier molecular flexibility index (Phi) is 4.47. The van der Waals surface area contributed by atoms with Gasteiger partial charge in [-0.3, -0.25) is 4.79 Å². The van der Waals surface area contributed by atoms with Crippen molar-refractivity contribution < 1.29 is 4.79 Å². The van der Waals surface area contributed by atoms with Gasteiger partial charge in [0.15, 0.2) is 10.8 Å². The van der Waals surface area contributed by atoms with E-state index in [0.717, 1.165) is 30.2 Å². The first-order valence-electron chi connectivity index (χ1n) is 9.96. The van der Waals surface area contributed by atoms with Gasteiger partial charge in [-0.1, -0.05) is 41.9 Å². The average Bonchev–Trinajstić information content (AvgIpc) is 3.44. The van der Waals surface area contributed by atoms with Crippen LogP contribution < -0.4 is 10.2 Å². The van der Waals surface area contributed by atoms with Crippen LogP contribution in [0.1, 0.15) is 46.6 Å². The molecule has 144 valence electrons. The lowest BCUT2D eigenvalue weighted by Gasteiger charge is -2.18. The Hall–Kier alpha value is -2.54. The molecule has 0 bridgehead atoms. The Morgan fingerprint density at radius 3 is 3.00 bits per heavy atom. The summed E-state index contributed by atoms with van der Waals surface area (Å²) in [5, 5.41) is 3.53. The fourth-order valence-electron chi connectivity index (χ4n) is 4.31. The van der Waals surface area contributed by atoms with Gasteiger partial charge in [0.1, 0.15) is 16.7 Å². The number of carbonyl (C=O) groups excluding carboxylic acids is 1. The van der Waals surface area contributed by atoms with Crippen molar-refractivity contribution in [3.63, 3.8) is 0 Å². The number of amides is 1. The number of hydrogen-bond acceptors (Lipinski definition) is 6. The van der Waals surface area contributed by atoms with Gasteiger partial charge in [-0.2, -0.15) is 0 Å². The predicted octanol–water partition coefficient (Wildman–Crippen LogP) is 4.01. The zero-order valence-corrected chi connectivity index (χ0v) is 16.8. The third-order valence-corrected chi connectivity index (χ3v) is 6.74. The van der Waals surface area contributed by atoms with Gasteiger partial charge in [-0.05, 0) is 43.7 Å². The number of carbonyl (C=O) groups is 1. The summed E-state index contributed by atoms with van der Waals surface area (Å²) in [7, 11) is 0. The van der Waals surface area contributed by atoms with Gasteiger partial charge in [0.05, 0.1) is 0 Å². The van der Waals surface area contributed by atoms with E-state index in [4.69, 9.17) is 0 Å². The van der Waals surface area contributed by atoms with Crippen LogP contribution in [0.5, 0.6) is 0 Å². The second kappa shape index (κ2) is 7.13. The average molecular weight is 394 g/mol. The lowest BCUT2D eigenvalue weighted by atomic mass is 10.1. The number of fused-ring (bicyclic) bond motifs is 2. The molecular weight excluding hydrogens is 370 g/mol. The molecule has 1 aliphatic heterocycles. The number of benzene rings is 1. The summed E-state index contributed by atoms with van der Waals surface area (Å²) < 4.78 is 0. The Labute approximate surface area is 168 Å². The molecular formula is C21H23N5OS. The monoisotopic (exact) mass is 393 g/mol. The van der Waals surface area contributed by atoms with Crippen LogP contribution in [-0.4, -0.2) is 33.9 Å². The van der Waals surface area contributed by atoms with Crippen molar-refractivity contribution in [3.05, 3.63) is 40.7 Å². The summed E-state index contributed by atoms with van der Waals surface area (Å²) in [6, 6.07) is 6.50. The number of anilines is 2. The summed E-state index contributed by atoms with van der Waals surface area (Å²) in [5.74, 6) is 1.30. The fourth-order valence-corrected chi connectivity index (χ4v) is 5.13. The molecule has 28 heavy (non-hydrogen) atoms. The van der Waals surface area contributed by atoms with Gasteiger partial charge in [0, 0.05) is 18.8 Å². The third kappa shape index (κ3) is 3.13. The van der Waals surface area contributed by atoms with Crippen LogP contribution in [0.25, 0.3) is 10.3 Å². The molecule has 1 amide bonds. The number of thiazole rings is 1. The summed E-state index contributed by atoms with van der Waals surface area (Å²) >= 11 is 1.34. The topological polar surface area (TPSA) is 71.0 Å². The minimum Gasteiger partial charge on any atom is -0.350 e. The molecule has 0 spiro atoms. The maximum absolute atomic E-state index is 12.6. The van der Waals surface area contributed by atoms with Gasteiger partial charge < -0.3 is 10.2 Å². The first kappa shape index (κ1) is 17.6. The number of hydrogen-bond donors (Lipinski definition) is 1. The summed E-state index contributed by atoms with van der Waals surface area (Å²) in [6.07, 6.45) is 7.53. The second-order valence-electron chi connectivity index (χ2n) is 7.76. The van der Waals surface area contributed by atoms with Crippen LogP contribution in [-0.2, 0) is 6.42 Å². The van der Waals surface area contributed by atoms with E-state index in [0.29, 0.717) is 16.4 Å². The number of rotatable bonds is 4. The third-order valence-electron chi connectivity index (χ3n) is 5.78. The van der Waals surface area contributed by atoms with Gasteiger partial charge in [-0.25, -0.2) is 15.0 Å². The van der Waals surface area contributed by atoms with Crippen LogP contribution in [0.2, 0.25) is 0 Å². The number of aromatic nitrogens is 3. The molecule has 2 aromatic heterocycles. The number of aryl methyl sites for hydroxylation is 1. The lowest BCUT2D eigenvalue weighted by Crippen LogP contribution is -2.28. The van der Waals surface area contributed by atoms with Crippen molar-refractivity contribution >= 4 is 39.1 Å². The van der Waals surface area contributed by atoms with Crippen LogP contribution >= 0.6 is 11.3 Å². The molecule has 6 nitrogen and oxygen atoms in total. The number of nitrogens with zero attached hydrogens (tertiary/aromatic N) is 4. The van der Waals surface area contributed by atoms with E-state index in [1.807, 2.05) is 0 Å². The minimum absolute atomic E-state index is 0.0988. The fraction of sp³-hybridized carbons (Fsp3) is 0.429. The summed E-state index contributed by atoms with van der Waals surface area (Å²) in [6.45, 7) is 3.72. The highest BCUT2D eigenvalue weighted by atomic mass is 32.1. The van der Waals surface area contributed by atoms with E-state index in [1.54, 1.807) is 6.33 Å². The molecule has 0 unspecified atom stereocenters. The van der Waals surface area contributed by atoms with Crippen LogP contribution in [0, 0.1) is 12.8 Å². The normalized spacial score (nSPS) is 16.7. The van der Waals surface area contributed by atoms with Gasteiger partial charge in [-0.15, -0.1) is 0 Å². The van der Waals surface area contributed by atoms with Crippen molar-refractivity contribution in [2.24, 2.45) is 5.92 Å². The largest absolute Gasteiger partial charge is 0.350 e. The molecule has 3 heterocycles. The van der Waals surface area contributed by atoms with E-state index in [9.17, 15) is 4.79 Å². The smallest absolute Gasteiger partial charge is 0.280 e. The summed E-state index contributed by atoms with van der Waals surface area (Å²) in [4.78, 5) is 29.1. The zero-order chi connectivity index (χ0) is 19.1. The van der Waals surface area contributed by atoms with Crippen LogP contribution in [0.3, 0.4) is 0 Å². The van der Waals surface area contributed by atoms with Crippen LogP contribution in [0.4, 0.5) is 11.5 Å². The van der Waals surface area contributed by atoms with Crippen molar-refractivity contribution in [1.82, 2.24) is 20.3 Å². The van der Waals surface area contributed by atoms with E-state index >= 15 is 0 Å². The Morgan fingerprint density at radius 2 is 2.14 bits per heavy atom. The Morgan fingerprint density at radius 1 is 1.29 bits per heavy atom. The lowest BCUT2D eigenvalue weighted by molar-refractivity contribution is 0.0947. The minimum atomic E-state index is -0.0988. The maximum Gasteiger partial charge on any atom is 0.280 e. The van der Waals surface area contributed by atoms with Gasteiger partial charge in [0.2, 0.25) is 0 Å². The van der Waals surface area contributed by atoms with E-state index in [-0.39, 0.29) is 5.91 Å². The van der Waals surface area contributed by atoms with Crippen LogP contribution in [0.15, 0.2) is 24.5 Å². The van der Waals surface area contributed by atoms with Crippen molar-refractivity contribution in [2.75, 3.05) is 18.0 Å². The quantitative estimate of drug-likeness (QED) is 0.725. The van der Waals surface area contributed by atoms with Gasteiger partial charge in [0.25, 0.3) is 5.91 Å². The standard InChI is InChI=1S/C21H23N5OS/c1-13-6-7-16-15(10-13)8-9-26(16)18-17-20(24-12-23-18)28-21(25-17)19(27)22-11-14-4-2-3-5-14/h6-7,10,12,14H,2-5,8-9,11H2,1H3,(H,22,27). The molecule has 7 heteroatoms. The Balaban J connectivity index is 1.43. The second-order valence-corrected chi connectivity index (χ2v) is 8.74. The molecule has 1 aliphatic carbocycles. The maximum atomic E-state index is 12.6. The molecule has 1 N–H and O–H groups in total. The first-order chi connectivity index (χ1) is 13.7. The van der Waals surface area contributed by atoms with E-state index in [1.165, 1.54) is 53.8 Å². The highest BCUT2D eigenvalue weighted by Crippen LogP contribution is 2.37. The highest BCUT2D eigenvalue weighted by molar-refractivity contribution is 7.19. The first-order valence-corrected chi connectivity index (χ1v) is 10.8.